The van der Waals surface area contributed by atoms with Gasteiger partial charge in [0.25, 0.3) is 0 Å². The maximum Gasteiger partial charge on any atom is 0.331 e. The Balaban J connectivity index is 0. The van der Waals surface area contributed by atoms with Gasteiger partial charge in [-0.25, -0.2) is 4.79 Å². The van der Waals surface area contributed by atoms with Gasteiger partial charge >= 0.3 is 5.97 Å². The number of carboxylic acids is 1. The van der Waals surface area contributed by atoms with Crippen LogP contribution in [0.2, 0.25) is 0 Å². The lowest BCUT2D eigenvalue weighted by Crippen LogP contribution is -2.46. The summed E-state index contributed by atoms with van der Waals surface area (Å²) in [6, 6.07) is 0.465. The van der Waals surface area contributed by atoms with Gasteiger partial charge < -0.3 is 20.2 Å². The standard InChI is InChI=1S/C13H22N2O4.C8H17N.C3H8/c1-5-15(12(17)7-14-8-16)11(9(2)3)6-10(4)13(18)19;1-8(2)9-6-4-3-5-7-9;1-3-2/h6,8-9,11H,5,7H2,1-4H3,(H,14,16)(H,18,19);8H,3-7H2,1-2H3;3H2,1-2H3/b10-6+;;. The maximum atomic E-state index is 12.0. The number of carboxylic acid groups (broad SMARTS) is 1. The maximum absolute atomic E-state index is 12.0. The molecule has 0 aromatic heterocycles. The lowest BCUT2D eigenvalue weighted by molar-refractivity contribution is -0.134. The molecule has 1 saturated heterocycles. The number of likely N-dealkylation sites (N-methyl/N-ethyl adjacent to an activating group) is 1. The molecule has 7 nitrogen and oxygen atoms in total. The lowest BCUT2D eigenvalue weighted by atomic mass is 9.99. The number of hydrogen-bond donors (Lipinski definition) is 2. The first-order chi connectivity index (χ1) is 14.6. The van der Waals surface area contributed by atoms with E-state index in [1.54, 1.807) is 11.0 Å². The summed E-state index contributed by atoms with van der Waals surface area (Å²) >= 11 is 0. The molecule has 0 aromatic rings. The fourth-order valence-electron chi connectivity index (χ4n) is 3.19. The van der Waals surface area contributed by atoms with E-state index >= 15 is 0 Å². The van der Waals surface area contributed by atoms with Crippen LogP contribution in [-0.2, 0) is 14.4 Å². The third kappa shape index (κ3) is 14.7. The molecule has 1 unspecified atom stereocenters. The molecule has 0 aliphatic carbocycles. The summed E-state index contributed by atoms with van der Waals surface area (Å²) in [6.45, 7) is 19.0. The molecule has 0 bridgehead atoms. The van der Waals surface area contributed by atoms with Crippen molar-refractivity contribution in [2.24, 2.45) is 5.92 Å². The molecule has 7 heteroatoms. The number of rotatable bonds is 9. The fraction of sp³-hybridized carbons (Fsp3) is 0.792. The Morgan fingerprint density at radius 3 is 1.90 bits per heavy atom. The van der Waals surface area contributed by atoms with Crippen LogP contribution in [0.3, 0.4) is 0 Å². The van der Waals surface area contributed by atoms with Gasteiger partial charge in [0.15, 0.2) is 0 Å². The molecular weight excluding hydrogens is 394 g/mol. The third-order valence-electron chi connectivity index (χ3n) is 4.92. The Labute approximate surface area is 190 Å². The van der Waals surface area contributed by atoms with Crippen molar-refractivity contribution in [3.63, 3.8) is 0 Å². The van der Waals surface area contributed by atoms with Gasteiger partial charge in [0.05, 0.1) is 12.6 Å². The SMILES string of the molecule is CC(C)N1CCCCC1.CCC.CCN(C(=O)CNC=O)C(/C=C(\C)C(=O)O)C(C)C. The van der Waals surface area contributed by atoms with Gasteiger partial charge in [-0.2, -0.15) is 0 Å². The van der Waals surface area contributed by atoms with Crippen LogP contribution in [-0.4, -0.2) is 71.5 Å². The van der Waals surface area contributed by atoms with Gasteiger partial charge in [0.2, 0.25) is 12.3 Å². The predicted molar refractivity (Wildman–Crippen MR) is 128 cm³/mol. The second-order valence-corrected chi connectivity index (χ2v) is 8.47. The third-order valence-corrected chi connectivity index (χ3v) is 4.92. The molecule has 0 spiro atoms. The molecule has 1 aliphatic rings. The van der Waals surface area contributed by atoms with Crippen LogP contribution in [0.25, 0.3) is 0 Å². The van der Waals surface area contributed by atoms with Crippen molar-refractivity contribution < 1.29 is 19.5 Å². The molecule has 0 saturated carbocycles. The van der Waals surface area contributed by atoms with E-state index in [0.717, 1.165) is 6.04 Å². The van der Waals surface area contributed by atoms with Gasteiger partial charge in [0, 0.05) is 18.2 Å². The molecule has 182 valence electrons. The molecule has 2 N–H and O–H groups in total. The zero-order chi connectivity index (χ0) is 24.4. The van der Waals surface area contributed by atoms with Crippen LogP contribution in [0.5, 0.6) is 0 Å². The van der Waals surface area contributed by atoms with Crippen molar-refractivity contribution in [2.75, 3.05) is 26.2 Å². The van der Waals surface area contributed by atoms with E-state index in [-0.39, 0.29) is 30.0 Å². The minimum absolute atomic E-state index is 0.0782. The van der Waals surface area contributed by atoms with Crippen molar-refractivity contribution in [1.29, 1.82) is 0 Å². The molecule has 1 rings (SSSR count). The highest BCUT2D eigenvalue weighted by Gasteiger charge is 2.23. The molecule has 1 aliphatic heterocycles. The predicted octanol–water partition coefficient (Wildman–Crippen LogP) is 3.93. The average Bonchev–Trinajstić information content (AvgIpc) is 2.73. The number of carbonyl (C=O) groups excluding carboxylic acids is 2. The number of hydrogen-bond acceptors (Lipinski definition) is 4. The van der Waals surface area contributed by atoms with E-state index < -0.39 is 5.97 Å². The number of likely N-dealkylation sites (tertiary alicyclic amines) is 1. The number of amides is 2. The van der Waals surface area contributed by atoms with Crippen molar-refractivity contribution in [1.82, 2.24) is 15.1 Å². The monoisotopic (exact) mass is 441 g/mol. The summed E-state index contributed by atoms with van der Waals surface area (Å²) in [6.07, 6.45) is 7.57. The van der Waals surface area contributed by atoms with Crippen LogP contribution in [0.1, 0.15) is 81.1 Å². The highest BCUT2D eigenvalue weighted by Crippen LogP contribution is 2.15. The Morgan fingerprint density at radius 1 is 1.06 bits per heavy atom. The molecule has 1 atom stereocenters. The van der Waals surface area contributed by atoms with E-state index in [9.17, 15) is 14.4 Å². The smallest absolute Gasteiger partial charge is 0.331 e. The Morgan fingerprint density at radius 2 is 1.58 bits per heavy atom. The fourth-order valence-corrected chi connectivity index (χ4v) is 3.19. The minimum Gasteiger partial charge on any atom is -0.478 e. The Bertz CT molecular complexity index is 527. The van der Waals surface area contributed by atoms with Gasteiger partial charge in [-0.1, -0.05) is 46.6 Å². The van der Waals surface area contributed by atoms with E-state index in [2.05, 4.69) is 37.9 Å². The van der Waals surface area contributed by atoms with Gasteiger partial charge in [-0.15, -0.1) is 0 Å². The van der Waals surface area contributed by atoms with Crippen molar-refractivity contribution in [3.05, 3.63) is 11.6 Å². The van der Waals surface area contributed by atoms with E-state index in [0.29, 0.717) is 13.0 Å². The second-order valence-electron chi connectivity index (χ2n) is 8.47. The first-order valence-electron chi connectivity index (χ1n) is 11.7. The van der Waals surface area contributed by atoms with Crippen molar-refractivity contribution in [2.45, 2.75) is 93.2 Å². The van der Waals surface area contributed by atoms with Crippen LogP contribution in [0.4, 0.5) is 0 Å². The molecular formula is C24H47N3O4. The van der Waals surface area contributed by atoms with Gasteiger partial charge in [0.1, 0.15) is 0 Å². The Hall–Kier alpha value is -1.89. The van der Waals surface area contributed by atoms with Gasteiger partial charge in [-0.05, 0) is 59.5 Å². The molecule has 1 heterocycles. The summed E-state index contributed by atoms with van der Waals surface area (Å²) in [5.74, 6) is -1.16. The molecule has 0 aromatic carbocycles. The summed E-state index contributed by atoms with van der Waals surface area (Å²) < 4.78 is 0. The zero-order valence-corrected chi connectivity index (χ0v) is 21.1. The first kappa shape index (κ1) is 31.3. The first-order valence-corrected chi connectivity index (χ1v) is 11.7. The van der Waals surface area contributed by atoms with Crippen molar-refractivity contribution in [3.8, 4) is 0 Å². The Kier molecular flexibility index (Phi) is 19.0. The lowest BCUT2D eigenvalue weighted by Gasteiger charge is -2.32. The molecule has 1 fully saturated rings. The number of aliphatic carboxylic acids is 1. The number of nitrogens with zero attached hydrogens (tertiary/aromatic N) is 2. The zero-order valence-electron chi connectivity index (χ0n) is 21.1. The summed E-state index contributed by atoms with van der Waals surface area (Å²) in [5.41, 5.74) is 0.202. The normalized spacial score (nSPS) is 15.2. The number of piperidine rings is 1. The van der Waals surface area contributed by atoms with E-state index in [4.69, 9.17) is 5.11 Å². The van der Waals surface area contributed by atoms with E-state index in [1.165, 1.54) is 45.7 Å². The molecule has 31 heavy (non-hydrogen) atoms. The average molecular weight is 442 g/mol. The minimum atomic E-state index is -1.000. The van der Waals surface area contributed by atoms with E-state index in [1.807, 2.05) is 20.8 Å². The number of carbonyl (C=O) groups is 3. The van der Waals surface area contributed by atoms with Crippen LogP contribution in [0, 0.1) is 5.92 Å². The van der Waals surface area contributed by atoms with Gasteiger partial charge in [-0.3, -0.25) is 9.59 Å². The summed E-state index contributed by atoms with van der Waals surface area (Å²) in [4.78, 5) is 37.2. The quantitative estimate of drug-likeness (QED) is 0.418. The van der Waals surface area contributed by atoms with Crippen LogP contribution < -0.4 is 5.32 Å². The topological polar surface area (TPSA) is 90.0 Å². The highest BCUT2D eigenvalue weighted by molar-refractivity contribution is 5.86. The largest absolute Gasteiger partial charge is 0.478 e. The van der Waals surface area contributed by atoms with Crippen LogP contribution in [0.15, 0.2) is 11.6 Å². The number of nitrogens with one attached hydrogen (secondary N) is 1. The summed E-state index contributed by atoms with van der Waals surface area (Å²) in [7, 11) is 0. The highest BCUT2D eigenvalue weighted by atomic mass is 16.4. The molecule has 0 radical (unpaired) electrons. The second kappa shape index (κ2) is 18.8. The molecule has 2 amide bonds. The van der Waals surface area contributed by atoms with Crippen LogP contribution >= 0.6 is 0 Å². The summed E-state index contributed by atoms with van der Waals surface area (Å²) in [5, 5.41) is 11.2. The van der Waals surface area contributed by atoms with Crippen molar-refractivity contribution >= 4 is 18.3 Å².